The van der Waals surface area contributed by atoms with Gasteiger partial charge in [-0.05, 0) is 29.0 Å². The summed E-state index contributed by atoms with van der Waals surface area (Å²) >= 11 is 0. The van der Waals surface area contributed by atoms with E-state index in [1.807, 2.05) is 42.5 Å². The molecule has 1 heterocycles. The first-order chi connectivity index (χ1) is 9.88. The van der Waals surface area contributed by atoms with Gasteiger partial charge in [-0.1, -0.05) is 36.4 Å². The third-order valence-electron chi connectivity index (χ3n) is 3.53. The Bertz CT molecular complexity index is 927. The first-order valence-corrected chi connectivity index (χ1v) is 6.34. The van der Waals surface area contributed by atoms with Crippen molar-refractivity contribution in [3.05, 3.63) is 54.6 Å². The maximum atomic E-state index is 8.92. The van der Waals surface area contributed by atoms with Crippen LogP contribution >= 0.6 is 0 Å². The van der Waals surface area contributed by atoms with Gasteiger partial charge in [0.25, 0.3) is 0 Å². The minimum atomic E-state index is 0.583. The molecule has 3 aromatic carbocycles. The predicted molar refractivity (Wildman–Crippen MR) is 79.8 cm³/mol. The molecule has 4 heteroatoms. The summed E-state index contributed by atoms with van der Waals surface area (Å²) in [6.07, 6.45) is 0. The van der Waals surface area contributed by atoms with E-state index in [1.54, 1.807) is 0 Å². The summed E-state index contributed by atoms with van der Waals surface area (Å²) in [5, 5.41) is 13.1. The molecule has 1 radical (unpaired) electrons. The Hall–Kier alpha value is -2.46. The van der Waals surface area contributed by atoms with Crippen molar-refractivity contribution in [3.8, 4) is 5.75 Å². The van der Waals surface area contributed by atoms with Gasteiger partial charge in [0.15, 0.2) is 0 Å². The smallest absolute Gasteiger partial charge is 0.537 e. The second-order valence-corrected chi connectivity index (χ2v) is 4.61. The Morgan fingerprint density at radius 3 is 2.60 bits per heavy atom. The second-order valence-electron chi connectivity index (χ2n) is 4.61. The summed E-state index contributed by atoms with van der Waals surface area (Å²) in [7, 11) is 0.693. The molecule has 0 saturated carbocycles. The molecular formula is C16H10BO3. The van der Waals surface area contributed by atoms with Gasteiger partial charge in [-0.2, -0.15) is 0 Å². The van der Waals surface area contributed by atoms with Crippen LogP contribution in [0.3, 0.4) is 0 Å². The molecule has 1 N–H and O–H groups in total. The number of rotatable bonds is 2. The molecule has 0 aliphatic heterocycles. The van der Waals surface area contributed by atoms with Crippen molar-refractivity contribution in [1.82, 2.24) is 0 Å². The molecule has 0 atom stereocenters. The van der Waals surface area contributed by atoms with Gasteiger partial charge in [0.1, 0.15) is 16.9 Å². The highest BCUT2D eigenvalue weighted by Crippen LogP contribution is 2.39. The predicted octanol–water partition coefficient (Wildman–Crippen LogP) is 3.64. The molecule has 4 rings (SSSR count). The normalized spacial score (nSPS) is 11.2. The Balaban J connectivity index is 2.25. The average Bonchev–Trinajstić information content (AvgIpc) is 2.87. The van der Waals surface area contributed by atoms with E-state index in [0.29, 0.717) is 13.4 Å². The lowest BCUT2D eigenvalue weighted by Crippen LogP contribution is -1.99. The molecule has 3 nitrogen and oxygen atoms in total. The van der Waals surface area contributed by atoms with Crippen LogP contribution in [-0.2, 0) is 0 Å². The summed E-state index contributed by atoms with van der Waals surface area (Å²) in [5.41, 5.74) is 1.56. The lowest BCUT2D eigenvalue weighted by molar-refractivity contribution is 0.456. The van der Waals surface area contributed by atoms with Crippen LogP contribution < -0.4 is 4.65 Å². The highest BCUT2D eigenvalue weighted by molar-refractivity contribution is 6.23. The van der Waals surface area contributed by atoms with Crippen molar-refractivity contribution in [2.24, 2.45) is 0 Å². The molecule has 0 unspecified atom stereocenters. The van der Waals surface area contributed by atoms with Crippen molar-refractivity contribution < 1.29 is 14.1 Å². The van der Waals surface area contributed by atoms with E-state index < -0.39 is 0 Å². The number of furan rings is 1. The van der Waals surface area contributed by atoms with E-state index in [4.69, 9.17) is 14.1 Å². The van der Waals surface area contributed by atoms with E-state index in [0.717, 1.165) is 32.7 Å². The van der Waals surface area contributed by atoms with E-state index in [2.05, 4.69) is 12.1 Å². The molecule has 95 valence electrons. The van der Waals surface area contributed by atoms with Crippen molar-refractivity contribution >= 4 is 40.4 Å². The van der Waals surface area contributed by atoms with Crippen molar-refractivity contribution in [1.29, 1.82) is 0 Å². The maximum Gasteiger partial charge on any atom is 0.569 e. The SMILES string of the molecule is O[B]Oc1cccc2oc3ccc4ccccc4c3c12. The third kappa shape index (κ3) is 1.52. The zero-order valence-corrected chi connectivity index (χ0v) is 10.5. The van der Waals surface area contributed by atoms with Crippen LogP contribution in [0, 0.1) is 0 Å². The van der Waals surface area contributed by atoms with Crippen LogP contribution in [0.1, 0.15) is 0 Å². The van der Waals surface area contributed by atoms with Gasteiger partial charge in [-0.3, -0.25) is 0 Å². The van der Waals surface area contributed by atoms with E-state index in [9.17, 15) is 0 Å². The largest absolute Gasteiger partial charge is 0.569 e. The van der Waals surface area contributed by atoms with Crippen LogP contribution in [0.4, 0.5) is 0 Å². The van der Waals surface area contributed by atoms with Crippen LogP contribution in [0.15, 0.2) is 59.0 Å². The Morgan fingerprint density at radius 2 is 1.70 bits per heavy atom. The molecule has 0 aliphatic rings. The summed E-state index contributed by atoms with van der Waals surface area (Å²) in [4.78, 5) is 0. The number of hydrogen-bond donors (Lipinski definition) is 1. The lowest BCUT2D eigenvalue weighted by atomic mass is 10.0. The Morgan fingerprint density at radius 1 is 0.850 bits per heavy atom. The van der Waals surface area contributed by atoms with Gasteiger partial charge in [0.2, 0.25) is 0 Å². The summed E-state index contributed by atoms with van der Waals surface area (Å²) < 4.78 is 11.1. The highest BCUT2D eigenvalue weighted by atomic mass is 16.5. The molecule has 0 bridgehead atoms. The molecule has 0 fully saturated rings. The van der Waals surface area contributed by atoms with Crippen LogP contribution in [0.5, 0.6) is 5.75 Å². The fourth-order valence-corrected chi connectivity index (χ4v) is 2.71. The van der Waals surface area contributed by atoms with Gasteiger partial charge < -0.3 is 14.1 Å². The molecule has 4 aromatic rings. The quantitative estimate of drug-likeness (QED) is 0.560. The zero-order chi connectivity index (χ0) is 13.5. The highest BCUT2D eigenvalue weighted by Gasteiger charge is 2.14. The number of benzene rings is 3. The fraction of sp³-hybridized carbons (Fsp3) is 0. The van der Waals surface area contributed by atoms with Crippen molar-refractivity contribution in [3.63, 3.8) is 0 Å². The summed E-state index contributed by atoms with van der Waals surface area (Å²) in [5.74, 6) is 0.583. The Labute approximate surface area is 115 Å². The van der Waals surface area contributed by atoms with Gasteiger partial charge >= 0.3 is 7.69 Å². The van der Waals surface area contributed by atoms with Crippen LogP contribution in [0.2, 0.25) is 0 Å². The van der Waals surface area contributed by atoms with Gasteiger partial charge in [-0.25, -0.2) is 0 Å². The van der Waals surface area contributed by atoms with Crippen LogP contribution in [-0.4, -0.2) is 12.7 Å². The number of fused-ring (bicyclic) bond motifs is 5. The molecule has 20 heavy (non-hydrogen) atoms. The molecule has 0 saturated heterocycles. The van der Waals surface area contributed by atoms with Gasteiger partial charge in [0.05, 0.1) is 5.39 Å². The Kier molecular flexibility index (Phi) is 2.44. The standard InChI is InChI=1S/C16H10BO3/c18-17-20-14-7-3-6-12-16(14)15-11-5-2-1-4-10(11)8-9-13(15)19-12/h1-9,18H. The topological polar surface area (TPSA) is 42.6 Å². The minimum Gasteiger partial charge on any atom is -0.537 e. The number of hydrogen-bond acceptors (Lipinski definition) is 3. The average molecular weight is 261 g/mol. The molecular weight excluding hydrogens is 251 g/mol. The second kappa shape index (κ2) is 4.29. The molecule has 1 aromatic heterocycles. The van der Waals surface area contributed by atoms with E-state index >= 15 is 0 Å². The molecule has 0 spiro atoms. The molecule has 0 amide bonds. The van der Waals surface area contributed by atoms with Crippen molar-refractivity contribution in [2.45, 2.75) is 0 Å². The first kappa shape index (κ1) is 11.4. The fourth-order valence-electron chi connectivity index (χ4n) is 2.71. The van der Waals surface area contributed by atoms with E-state index in [-0.39, 0.29) is 0 Å². The maximum absolute atomic E-state index is 8.92. The molecule has 0 aliphatic carbocycles. The van der Waals surface area contributed by atoms with Crippen LogP contribution in [0.25, 0.3) is 32.7 Å². The third-order valence-corrected chi connectivity index (χ3v) is 3.53. The minimum absolute atomic E-state index is 0.583. The zero-order valence-electron chi connectivity index (χ0n) is 10.5. The van der Waals surface area contributed by atoms with Gasteiger partial charge in [-0.15, -0.1) is 0 Å². The summed E-state index contributed by atoms with van der Waals surface area (Å²) in [6, 6.07) is 17.7. The van der Waals surface area contributed by atoms with Gasteiger partial charge in [0, 0.05) is 5.39 Å². The first-order valence-electron chi connectivity index (χ1n) is 6.34. The van der Waals surface area contributed by atoms with E-state index in [1.165, 1.54) is 0 Å². The summed E-state index contributed by atoms with van der Waals surface area (Å²) in [6.45, 7) is 0. The monoisotopic (exact) mass is 261 g/mol. The van der Waals surface area contributed by atoms with Crippen molar-refractivity contribution in [2.75, 3.05) is 0 Å². The lowest BCUT2D eigenvalue weighted by Gasteiger charge is -2.04.